The van der Waals surface area contributed by atoms with E-state index in [0.29, 0.717) is 53.5 Å². The Morgan fingerprint density at radius 1 is 1.00 bits per heavy atom. The molecule has 4 aliphatic rings. The van der Waals surface area contributed by atoms with Gasteiger partial charge in [0.2, 0.25) is 0 Å². The summed E-state index contributed by atoms with van der Waals surface area (Å²) in [4.78, 5) is 25.4. The number of hydrogen-bond acceptors (Lipinski definition) is 2. The number of fused-ring (bicyclic) bond motifs is 5. The lowest BCUT2D eigenvalue weighted by atomic mass is 9.44. The molecule has 4 saturated carbocycles. The molecule has 8 atom stereocenters. The molecule has 0 heterocycles. The molecule has 0 radical (unpaired) electrons. The summed E-state index contributed by atoms with van der Waals surface area (Å²) in [6.07, 6.45) is 13.1. The lowest BCUT2D eigenvalue weighted by Crippen LogP contribution is -2.56. The molecule has 31 heavy (non-hydrogen) atoms. The third kappa shape index (κ3) is 3.78. The summed E-state index contributed by atoms with van der Waals surface area (Å²) in [5, 5.41) is 0. The number of carbonyl (C=O) groups is 2. The molecular formula is C29H46O2. The molecule has 0 aromatic heterocycles. The first-order chi connectivity index (χ1) is 14.6. The van der Waals surface area contributed by atoms with Crippen LogP contribution in [0.25, 0.3) is 0 Å². The van der Waals surface area contributed by atoms with E-state index in [1.54, 1.807) is 5.57 Å². The minimum absolute atomic E-state index is 0.0192. The molecule has 0 N–H and O–H groups in total. The Hall–Kier alpha value is -0.920. The summed E-state index contributed by atoms with van der Waals surface area (Å²) in [7, 11) is 0. The highest BCUT2D eigenvalue weighted by Crippen LogP contribution is 2.67. The molecule has 4 rings (SSSR count). The first kappa shape index (κ1) is 23.2. The largest absolute Gasteiger partial charge is 0.300 e. The van der Waals surface area contributed by atoms with E-state index in [0.717, 1.165) is 24.7 Å². The minimum Gasteiger partial charge on any atom is -0.300 e. The van der Waals surface area contributed by atoms with Gasteiger partial charge in [0.05, 0.1) is 0 Å². The Labute approximate surface area is 191 Å². The SMILES string of the molecule is C/C=C(\CC[C@@H](C)[C@H]1CC[C@H]2[C@@H]3CC(=O)[C@H]4CC(=O)CC[C@]4(C)[C@H]3CC[C@]12C)C(C)C. The molecule has 4 aliphatic carbocycles. The van der Waals surface area contributed by atoms with Crippen molar-refractivity contribution in [2.45, 2.75) is 106 Å². The topological polar surface area (TPSA) is 34.1 Å². The number of Topliss-reactive ketones (excluding diaryl/α,β-unsaturated/α-hetero) is 2. The zero-order chi connectivity index (χ0) is 22.6. The molecule has 0 aromatic carbocycles. The number of carbonyl (C=O) groups excluding carboxylic acids is 2. The second kappa shape index (κ2) is 8.45. The number of ketones is 2. The molecule has 2 nitrogen and oxygen atoms in total. The van der Waals surface area contributed by atoms with E-state index in [2.05, 4.69) is 47.6 Å². The Bertz CT molecular complexity index is 748. The van der Waals surface area contributed by atoms with Crippen molar-refractivity contribution in [2.24, 2.45) is 52.3 Å². The van der Waals surface area contributed by atoms with Crippen molar-refractivity contribution in [3.8, 4) is 0 Å². The van der Waals surface area contributed by atoms with Gasteiger partial charge in [0.25, 0.3) is 0 Å². The van der Waals surface area contributed by atoms with E-state index >= 15 is 0 Å². The summed E-state index contributed by atoms with van der Waals surface area (Å²) in [6, 6.07) is 0. The average Bonchev–Trinajstić information content (AvgIpc) is 3.07. The van der Waals surface area contributed by atoms with Gasteiger partial charge in [0, 0.05) is 25.2 Å². The van der Waals surface area contributed by atoms with Crippen LogP contribution >= 0.6 is 0 Å². The van der Waals surface area contributed by atoms with E-state index in [9.17, 15) is 9.59 Å². The highest BCUT2D eigenvalue weighted by molar-refractivity contribution is 5.90. The number of hydrogen-bond donors (Lipinski definition) is 0. The second-order valence-electron chi connectivity index (χ2n) is 12.6. The van der Waals surface area contributed by atoms with Crippen molar-refractivity contribution >= 4 is 11.6 Å². The summed E-state index contributed by atoms with van der Waals surface area (Å²) in [6.45, 7) is 14.3. The van der Waals surface area contributed by atoms with Crippen molar-refractivity contribution < 1.29 is 9.59 Å². The Morgan fingerprint density at radius 2 is 1.71 bits per heavy atom. The molecule has 2 heteroatoms. The van der Waals surface area contributed by atoms with Gasteiger partial charge >= 0.3 is 0 Å². The quantitative estimate of drug-likeness (QED) is 0.429. The van der Waals surface area contributed by atoms with E-state index in [1.807, 2.05) is 0 Å². The molecule has 0 bridgehead atoms. The number of rotatable bonds is 5. The monoisotopic (exact) mass is 426 g/mol. The number of allylic oxidation sites excluding steroid dienone is 2. The average molecular weight is 427 g/mol. The highest BCUT2D eigenvalue weighted by Gasteiger charge is 2.62. The fourth-order valence-corrected chi connectivity index (χ4v) is 9.17. The van der Waals surface area contributed by atoms with Gasteiger partial charge in [0.15, 0.2) is 0 Å². The van der Waals surface area contributed by atoms with Crippen LogP contribution < -0.4 is 0 Å². The first-order valence-corrected chi connectivity index (χ1v) is 13.3. The third-order valence-electron chi connectivity index (χ3n) is 11.0. The van der Waals surface area contributed by atoms with Crippen LogP contribution in [0.2, 0.25) is 0 Å². The van der Waals surface area contributed by atoms with Crippen molar-refractivity contribution in [1.29, 1.82) is 0 Å². The van der Waals surface area contributed by atoms with E-state index in [4.69, 9.17) is 0 Å². The van der Waals surface area contributed by atoms with Crippen molar-refractivity contribution in [3.63, 3.8) is 0 Å². The van der Waals surface area contributed by atoms with Crippen LogP contribution in [0.4, 0.5) is 0 Å². The van der Waals surface area contributed by atoms with Gasteiger partial charge in [-0.15, -0.1) is 0 Å². The van der Waals surface area contributed by atoms with Gasteiger partial charge in [-0.25, -0.2) is 0 Å². The Balaban J connectivity index is 1.51. The minimum atomic E-state index is 0.0192. The molecule has 174 valence electrons. The molecule has 0 unspecified atom stereocenters. The second-order valence-corrected chi connectivity index (χ2v) is 12.6. The van der Waals surface area contributed by atoms with Crippen LogP contribution in [0.3, 0.4) is 0 Å². The lowest BCUT2D eigenvalue weighted by molar-refractivity contribution is -0.159. The summed E-state index contributed by atoms with van der Waals surface area (Å²) >= 11 is 0. The molecule has 0 aromatic rings. The molecular weight excluding hydrogens is 380 g/mol. The van der Waals surface area contributed by atoms with Crippen LogP contribution in [-0.2, 0) is 9.59 Å². The fraction of sp³-hybridized carbons (Fsp3) is 0.862. The molecule has 0 amide bonds. The standard InChI is InChI=1S/C29H46O2/c1-7-20(18(2)3)9-8-19(4)23-10-11-24-22-17-27(31)26-16-21(30)12-14-29(26,6)25(22)13-15-28(23,24)5/h7,18-19,22-26H,8-17H2,1-6H3/b20-7+/t19-,22+,23-,24+,25+,26-,28-,29-/m1/s1. The van der Waals surface area contributed by atoms with E-state index < -0.39 is 0 Å². The van der Waals surface area contributed by atoms with Gasteiger partial charge in [-0.05, 0) is 98.2 Å². The van der Waals surface area contributed by atoms with Crippen LogP contribution in [0.5, 0.6) is 0 Å². The molecule has 4 fully saturated rings. The normalized spacial score (nSPS) is 44.1. The molecule has 0 spiro atoms. The highest BCUT2D eigenvalue weighted by atomic mass is 16.1. The van der Waals surface area contributed by atoms with E-state index in [-0.39, 0.29) is 11.3 Å². The fourth-order valence-electron chi connectivity index (χ4n) is 9.17. The predicted molar refractivity (Wildman–Crippen MR) is 128 cm³/mol. The van der Waals surface area contributed by atoms with E-state index in [1.165, 1.54) is 38.5 Å². The smallest absolute Gasteiger partial charge is 0.137 e. The molecule has 0 saturated heterocycles. The van der Waals surface area contributed by atoms with Gasteiger partial charge in [-0.1, -0.05) is 46.3 Å². The predicted octanol–water partition coefficient (Wildman–Crippen LogP) is 7.41. The summed E-state index contributed by atoms with van der Waals surface area (Å²) in [5.74, 6) is 4.93. The maximum Gasteiger partial charge on any atom is 0.137 e. The van der Waals surface area contributed by atoms with Crippen LogP contribution in [0.15, 0.2) is 11.6 Å². The van der Waals surface area contributed by atoms with Gasteiger partial charge in [-0.3, -0.25) is 9.59 Å². The van der Waals surface area contributed by atoms with Crippen LogP contribution in [-0.4, -0.2) is 11.6 Å². The van der Waals surface area contributed by atoms with Crippen molar-refractivity contribution in [3.05, 3.63) is 11.6 Å². The zero-order valence-corrected chi connectivity index (χ0v) is 21.0. The van der Waals surface area contributed by atoms with Crippen LogP contribution in [0.1, 0.15) is 106 Å². The zero-order valence-electron chi connectivity index (χ0n) is 21.0. The summed E-state index contributed by atoms with van der Waals surface area (Å²) < 4.78 is 0. The molecule has 0 aliphatic heterocycles. The first-order valence-electron chi connectivity index (χ1n) is 13.3. The van der Waals surface area contributed by atoms with Gasteiger partial charge in [0.1, 0.15) is 11.6 Å². The Kier molecular flexibility index (Phi) is 6.34. The van der Waals surface area contributed by atoms with Crippen molar-refractivity contribution in [2.75, 3.05) is 0 Å². The van der Waals surface area contributed by atoms with Crippen LogP contribution in [0, 0.1) is 52.3 Å². The van der Waals surface area contributed by atoms with Gasteiger partial charge < -0.3 is 0 Å². The third-order valence-corrected chi connectivity index (χ3v) is 11.0. The maximum absolute atomic E-state index is 13.3. The summed E-state index contributed by atoms with van der Waals surface area (Å²) in [5.41, 5.74) is 2.10. The van der Waals surface area contributed by atoms with Gasteiger partial charge in [-0.2, -0.15) is 0 Å². The van der Waals surface area contributed by atoms with Crippen molar-refractivity contribution in [1.82, 2.24) is 0 Å². The maximum atomic E-state index is 13.3. The lowest BCUT2D eigenvalue weighted by Gasteiger charge is -2.59. The Morgan fingerprint density at radius 3 is 2.39 bits per heavy atom.